The molecule has 2 aromatic carbocycles. The van der Waals surface area contributed by atoms with Crippen LogP contribution in [0.3, 0.4) is 0 Å². The van der Waals surface area contributed by atoms with Gasteiger partial charge < -0.3 is 0 Å². The lowest BCUT2D eigenvalue weighted by atomic mass is 10.2. The Morgan fingerprint density at radius 3 is 2.08 bits per heavy atom. The van der Waals surface area contributed by atoms with Crippen molar-refractivity contribution < 1.29 is 12.8 Å². The molecule has 1 fully saturated rings. The minimum absolute atomic E-state index is 0.134. The van der Waals surface area contributed by atoms with Crippen molar-refractivity contribution in [2.75, 3.05) is 26.2 Å². The van der Waals surface area contributed by atoms with E-state index in [0.717, 1.165) is 12.1 Å². The average molecular weight is 369 g/mol. The summed E-state index contributed by atoms with van der Waals surface area (Å²) in [5, 5.41) is 0.703. The van der Waals surface area contributed by atoms with Crippen LogP contribution in [0.2, 0.25) is 5.02 Å². The van der Waals surface area contributed by atoms with Gasteiger partial charge in [-0.25, -0.2) is 12.8 Å². The highest BCUT2D eigenvalue weighted by Gasteiger charge is 2.28. The molecule has 1 heterocycles. The van der Waals surface area contributed by atoms with Crippen molar-refractivity contribution in [3.8, 4) is 0 Å². The molecule has 3 rings (SSSR count). The minimum atomic E-state index is -3.56. The van der Waals surface area contributed by atoms with Crippen molar-refractivity contribution >= 4 is 21.6 Å². The Morgan fingerprint density at radius 2 is 1.50 bits per heavy atom. The molecule has 24 heavy (non-hydrogen) atoms. The molecule has 7 heteroatoms. The van der Waals surface area contributed by atoms with Crippen molar-refractivity contribution in [1.29, 1.82) is 0 Å². The molecule has 1 aliphatic heterocycles. The van der Waals surface area contributed by atoms with Crippen molar-refractivity contribution in [2.45, 2.75) is 11.4 Å². The van der Waals surface area contributed by atoms with E-state index < -0.39 is 15.8 Å². The largest absolute Gasteiger partial charge is 0.296 e. The second-order valence-electron chi connectivity index (χ2n) is 5.76. The molecule has 4 nitrogen and oxygen atoms in total. The highest BCUT2D eigenvalue weighted by Crippen LogP contribution is 2.19. The van der Waals surface area contributed by atoms with Gasteiger partial charge in [-0.05, 0) is 42.0 Å². The van der Waals surface area contributed by atoms with Gasteiger partial charge in [0.05, 0.1) is 4.90 Å². The lowest BCUT2D eigenvalue weighted by molar-refractivity contribution is 0.181. The van der Waals surface area contributed by atoms with E-state index in [1.165, 1.54) is 28.6 Å². The van der Waals surface area contributed by atoms with Crippen molar-refractivity contribution in [2.24, 2.45) is 0 Å². The molecule has 0 amide bonds. The van der Waals surface area contributed by atoms with Gasteiger partial charge in [-0.2, -0.15) is 4.31 Å². The van der Waals surface area contributed by atoms with E-state index in [4.69, 9.17) is 11.6 Å². The van der Waals surface area contributed by atoms with Crippen molar-refractivity contribution in [1.82, 2.24) is 9.21 Å². The Hall–Kier alpha value is -1.47. The number of rotatable bonds is 4. The third-order valence-electron chi connectivity index (χ3n) is 4.10. The number of nitrogens with zero attached hydrogens (tertiary/aromatic N) is 2. The van der Waals surface area contributed by atoms with Gasteiger partial charge in [0.15, 0.2) is 0 Å². The maximum Gasteiger partial charge on any atom is 0.243 e. The van der Waals surface area contributed by atoms with Gasteiger partial charge in [-0.3, -0.25) is 4.90 Å². The smallest absolute Gasteiger partial charge is 0.243 e. The van der Waals surface area contributed by atoms with Gasteiger partial charge in [-0.15, -0.1) is 0 Å². The summed E-state index contributed by atoms with van der Waals surface area (Å²) in [4.78, 5) is 2.34. The molecular weight excluding hydrogens is 351 g/mol. The molecule has 1 aliphatic rings. The first kappa shape index (κ1) is 17.4. The number of piperazine rings is 1. The van der Waals surface area contributed by atoms with Gasteiger partial charge in [0.2, 0.25) is 10.0 Å². The van der Waals surface area contributed by atoms with Crippen LogP contribution in [-0.4, -0.2) is 43.8 Å². The van der Waals surface area contributed by atoms with E-state index in [1.807, 2.05) is 24.3 Å². The summed E-state index contributed by atoms with van der Waals surface area (Å²) in [5.41, 5.74) is 1.15. The number of hydrogen-bond acceptors (Lipinski definition) is 3. The lowest BCUT2D eigenvalue weighted by Gasteiger charge is -2.34. The Morgan fingerprint density at radius 1 is 0.917 bits per heavy atom. The molecule has 0 spiro atoms. The second kappa shape index (κ2) is 7.19. The van der Waals surface area contributed by atoms with Gasteiger partial charge in [0.25, 0.3) is 0 Å². The summed E-state index contributed by atoms with van der Waals surface area (Å²) in [7, 11) is -3.56. The average Bonchev–Trinajstić information content (AvgIpc) is 2.58. The van der Waals surface area contributed by atoms with E-state index in [9.17, 15) is 12.8 Å². The monoisotopic (exact) mass is 368 g/mol. The summed E-state index contributed by atoms with van der Waals surface area (Å²) >= 11 is 5.88. The standard InChI is InChI=1S/C17H18ClFN2O2S/c18-15-3-1-14(2-4-15)13-20-9-11-21(12-10-20)24(22,23)17-7-5-16(19)6-8-17/h1-8H,9-13H2. The molecule has 2 aromatic rings. The molecule has 1 saturated heterocycles. The Labute approximate surface area is 146 Å². The van der Waals surface area contributed by atoms with Crippen LogP contribution in [0.15, 0.2) is 53.4 Å². The summed E-state index contributed by atoms with van der Waals surface area (Å²) in [6, 6.07) is 12.6. The minimum Gasteiger partial charge on any atom is -0.296 e. The van der Waals surface area contributed by atoms with E-state index in [1.54, 1.807) is 0 Å². The molecule has 0 aliphatic carbocycles. The van der Waals surface area contributed by atoms with Crippen LogP contribution in [0, 0.1) is 5.82 Å². The first-order chi connectivity index (χ1) is 11.4. The quantitative estimate of drug-likeness (QED) is 0.833. The van der Waals surface area contributed by atoms with Crippen molar-refractivity contribution in [3.05, 3.63) is 64.9 Å². The molecule has 0 bridgehead atoms. The Bertz CT molecular complexity index is 786. The first-order valence-electron chi connectivity index (χ1n) is 7.68. The van der Waals surface area contributed by atoms with Gasteiger partial charge >= 0.3 is 0 Å². The highest BCUT2D eigenvalue weighted by molar-refractivity contribution is 7.89. The molecular formula is C17H18ClFN2O2S. The summed E-state index contributed by atoms with van der Waals surface area (Å²) in [5.74, 6) is -0.443. The molecule has 128 valence electrons. The number of halogens is 2. The molecule has 0 atom stereocenters. The second-order valence-corrected chi connectivity index (χ2v) is 8.13. The fourth-order valence-electron chi connectivity index (χ4n) is 2.73. The van der Waals surface area contributed by atoms with E-state index >= 15 is 0 Å². The predicted molar refractivity (Wildman–Crippen MR) is 91.9 cm³/mol. The number of benzene rings is 2. The zero-order valence-electron chi connectivity index (χ0n) is 13.0. The predicted octanol–water partition coefficient (Wildman–Crippen LogP) is 2.99. The van der Waals surface area contributed by atoms with Gasteiger partial charge in [-0.1, -0.05) is 23.7 Å². The summed E-state index contributed by atoms with van der Waals surface area (Å²) in [6.07, 6.45) is 0. The topological polar surface area (TPSA) is 40.6 Å². The van der Waals surface area contributed by atoms with E-state index in [2.05, 4.69) is 4.90 Å². The molecule has 0 unspecified atom stereocenters. The molecule has 0 N–H and O–H groups in total. The van der Waals surface area contributed by atoms with Gasteiger partial charge in [0.1, 0.15) is 5.82 Å². The van der Waals surface area contributed by atoms with Crippen LogP contribution in [0.1, 0.15) is 5.56 Å². The van der Waals surface area contributed by atoms with Crippen LogP contribution in [-0.2, 0) is 16.6 Å². The maximum atomic E-state index is 13.0. The molecule has 0 saturated carbocycles. The third-order valence-corrected chi connectivity index (χ3v) is 6.27. The fraction of sp³-hybridized carbons (Fsp3) is 0.294. The summed E-state index contributed by atoms with van der Waals surface area (Å²) < 4.78 is 39.6. The normalized spacial score (nSPS) is 17.1. The SMILES string of the molecule is O=S(=O)(c1ccc(F)cc1)N1CCN(Cc2ccc(Cl)cc2)CC1. The zero-order chi connectivity index (χ0) is 17.2. The van der Waals surface area contributed by atoms with Crippen molar-refractivity contribution in [3.63, 3.8) is 0 Å². The van der Waals surface area contributed by atoms with Crippen LogP contribution in [0.25, 0.3) is 0 Å². The highest BCUT2D eigenvalue weighted by atomic mass is 35.5. The molecule has 0 radical (unpaired) electrons. The Kier molecular flexibility index (Phi) is 5.20. The summed E-state index contributed by atoms with van der Waals surface area (Å²) in [6.45, 7) is 2.92. The molecule has 0 aromatic heterocycles. The number of sulfonamides is 1. The van der Waals surface area contributed by atoms with E-state index in [-0.39, 0.29) is 4.90 Å². The fourth-order valence-corrected chi connectivity index (χ4v) is 4.28. The van der Waals surface area contributed by atoms with Crippen LogP contribution in [0.5, 0.6) is 0 Å². The maximum absolute atomic E-state index is 13.0. The number of hydrogen-bond donors (Lipinski definition) is 0. The van der Waals surface area contributed by atoms with Crippen LogP contribution < -0.4 is 0 Å². The Balaban J connectivity index is 1.62. The zero-order valence-corrected chi connectivity index (χ0v) is 14.6. The van der Waals surface area contributed by atoms with Crippen LogP contribution >= 0.6 is 11.6 Å². The van der Waals surface area contributed by atoms with E-state index in [0.29, 0.717) is 31.2 Å². The first-order valence-corrected chi connectivity index (χ1v) is 9.49. The third kappa shape index (κ3) is 3.95. The van der Waals surface area contributed by atoms with Crippen LogP contribution in [0.4, 0.5) is 4.39 Å². The van der Waals surface area contributed by atoms with Gasteiger partial charge in [0, 0.05) is 37.7 Å². The lowest BCUT2D eigenvalue weighted by Crippen LogP contribution is -2.48.